The molecule has 0 unspecified atom stereocenters. The first-order valence-corrected chi connectivity index (χ1v) is 9.43. The summed E-state index contributed by atoms with van der Waals surface area (Å²) in [5, 5.41) is 0. The van der Waals surface area contributed by atoms with Gasteiger partial charge in [-0.3, -0.25) is 4.79 Å². The number of methoxy groups -OCH3 is 1. The number of benzene rings is 2. The third-order valence-corrected chi connectivity index (χ3v) is 6.23. The zero-order valence-electron chi connectivity index (χ0n) is 18.4. The second kappa shape index (κ2) is 7.75. The van der Waals surface area contributed by atoms with Crippen LogP contribution in [-0.2, 0) is 11.2 Å². The zero-order valence-corrected chi connectivity index (χ0v) is 18.4. The summed E-state index contributed by atoms with van der Waals surface area (Å²) in [6, 6.07) is 0. The lowest BCUT2D eigenvalue weighted by molar-refractivity contribution is -0.131. The average Bonchev–Trinajstić information content (AvgIpc) is 2.62. The predicted octanol–water partition coefficient (Wildman–Crippen LogP) is 5.68. The Balaban J connectivity index is 2.68. The van der Waals surface area contributed by atoms with Gasteiger partial charge in [-0.1, -0.05) is 0 Å². The maximum Gasteiger partial charge on any atom is 0.308 e. The maximum atomic E-state index is 11.5. The molecule has 3 nitrogen and oxygen atoms in total. The van der Waals surface area contributed by atoms with Gasteiger partial charge in [-0.25, -0.2) is 0 Å². The second-order valence-electron chi connectivity index (χ2n) is 7.59. The topological polar surface area (TPSA) is 35.5 Å². The molecule has 2 rings (SSSR count). The van der Waals surface area contributed by atoms with E-state index in [-0.39, 0.29) is 5.97 Å². The molecule has 0 saturated carbocycles. The lowest BCUT2D eigenvalue weighted by Crippen LogP contribution is -2.10. The van der Waals surface area contributed by atoms with E-state index in [0.29, 0.717) is 5.75 Å². The van der Waals surface area contributed by atoms with Gasteiger partial charge in [0.05, 0.1) is 7.11 Å². The molecule has 0 atom stereocenters. The van der Waals surface area contributed by atoms with Gasteiger partial charge in [0.2, 0.25) is 0 Å². The first-order chi connectivity index (χ1) is 12.5. The molecule has 0 spiro atoms. The number of esters is 1. The standard InChI is InChI=1S/C24H32O3/c1-12-16(5)23(26-10)17(6)13(2)21(12)11-22-14(3)18(7)24(27-20(9)25)19(8)15(22)4/h11H2,1-10H3. The third kappa shape index (κ3) is 3.60. The minimum Gasteiger partial charge on any atom is -0.496 e. The van der Waals surface area contributed by atoms with E-state index in [9.17, 15) is 4.79 Å². The van der Waals surface area contributed by atoms with Gasteiger partial charge in [-0.2, -0.15) is 0 Å². The van der Waals surface area contributed by atoms with Crippen LogP contribution in [0, 0.1) is 55.4 Å². The maximum absolute atomic E-state index is 11.5. The smallest absolute Gasteiger partial charge is 0.308 e. The summed E-state index contributed by atoms with van der Waals surface area (Å²) < 4.78 is 11.1. The summed E-state index contributed by atoms with van der Waals surface area (Å²) >= 11 is 0. The summed E-state index contributed by atoms with van der Waals surface area (Å²) in [6.45, 7) is 18.4. The molecule has 0 fully saturated rings. The van der Waals surface area contributed by atoms with Gasteiger partial charge in [0.15, 0.2) is 0 Å². The number of hydrogen-bond acceptors (Lipinski definition) is 3. The fourth-order valence-corrected chi connectivity index (χ4v) is 4.02. The van der Waals surface area contributed by atoms with Gasteiger partial charge in [0.25, 0.3) is 0 Å². The van der Waals surface area contributed by atoms with Crippen LogP contribution in [0.25, 0.3) is 0 Å². The second-order valence-corrected chi connectivity index (χ2v) is 7.59. The van der Waals surface area contributed by atoms with Crippen molar-refractivity contribution in [3.8, 4) is 11.5 Å². The first kappa shape index (κ1) is 21.0. The van der Waals surface area contributed by atoms with Crippen molar-refractivity contribution in [3.63, 3.8) is 0 Å². The molecule has 0 bridgehead atoms. The Bertz CT molecular complexity index is 862. The van der Waals surface area contributed by atoms with E-state index in [1.54, 1.807) is 7.11 Å². The highest BCUT2D eigenvalue weighted by atomic mass is 16.5. The minimum atomic E-state index is -0.277. The van der Waals surface area contributed by atoms with Crippen LogP contribution in [0.1, 0.15) is 62.6 Å². The van der Waals surface area contributed by atoms with E-state index >= 15 is 0 Å². The van der Waals surface area contributed by atoms with E-state index in [1.807, 2.05) is 13.8 Å². The fourth-order valence-electron chi connectivity index (χ4n) is 4.02. The van der Waals surface area contributed by atoms with Crippen LogP contribution in [0.2, 0.25) is 0 Å². The van der Waals surface area contributed by atoms with Crippen molar-refractivity contribution in [1.82, 2.24) is 0 Å². The van der Waals surface area contributed by atoms with Gasteiger partial charge in [0.1, 0.15) is 11.5 Å². The van der Waals surface area contributed by atoms with E-state index in [1.165, 1.54) is 51.4 Å². The van der Waals surface area contributed by atoms with Gasteiger partial charge < -0.3 is 9.47 Å². The normalized spacial score (nSPS) is 10.9. The summed E-state index contributed by atoms with van der Waals surface area (Å²) in [5.41, 5.74) is 12.1. The quantitative estimate of drug-likeness (QED) is 0.514. The molecule has 146 valence electrons. The fraction of sp³-hybridized carbons (Fsp3) is 0.458. The number of carbonyl (C=O) groups is 1. The number of ether oxygens (including phenoxy) is 2. The van der Waals surface area contributed by atoms with E-state index in [0.717, 1.165) is 23.3 Å². The van der Waals surface area contributed by atoms with E-state index in [2.05, 4.69) is 41.5 Å². The lowest BCUT2D eigenvalue weighted by Gasteiger charge is -2.23. The Morgan fingerprint density at radius 1 is 0.630 bits per heavy atom. The van der Waals surface area contributed by atoms with Crippen molar-refractivity contribution in [2.24, 2.45) is 0 Å². The number of rotatable bonds is 4. The zero-order chi connectivity index (χ0) is 20.6. The molecule has 0 N–H and O–H groups in total. The summed E-state index contributed by atoms with van der Waals surface area (Å²) in [6.07, 6.45) is 0.864. The van der Waals surface area contributed by atoms with Gasteiger partial charge in [-0.05, 0) is 117 Å². The van der Waals surface area contributed by atoms with Crippen LogP contribution in [0.4, 0.5) is 0 Å². The van der Waals surface area contributed by atoms with Gasteiger partial charge >= 0.3 is 5.97 Å². The number of hydrogen-bond donors (Lipinski definition) is 0. The first-order valence-electron chi connectivity index (χ1n) is 9.43. The van der Waals surface area contributed by atoms with Gasteiger partial charge in [0, 0.05) is 6.92 Å². The Labute approximate surface area is 163 Å². The van der Waals surface area contributed by atoms with Crippen molar-refractivity contribution >= 4 is 5.97 Å². The average molecular weight is 369 g/mol. The minimum absolute atomic E-state index is 0.277. The van der Waals surface area contributed by atoms with Crippen molar-refractivity contribution in [2.75, 3.05) is 7.11 Å². The Hall–Kier alpha value is -2.29. The Morgan fingerprint density at radius 3 is 1.26 bits per heavy atom. The molecule has 2 aromatic rings. The molecule has 3 heteroatoms. The largest absolute Gasteiger partial charge is 0.496 e. The van der Waals surface area contributed by atoms with Crippen molar-refractivity contribution in [3.05, 3.63) is 55.6 Å². The number of carbonyl (C=O) groups excluding carboxylic acids is 1. The summed E-state index contributed by atoms with van der Waals surface area (Å²) in [5.74, 6) is 1.41. The highest BCUT2D eigenvalue weighted by molar-refractivity contribution is 5.71. The molecule has 0 aliphatic carbocycles. The molecule has 0 aliphatic heterocycles. The molecule has 27 heavy (non-hydrogen) atoms. The SMILES string of the molecule is COc1c(C)c(C)c(Cc2c(C)c(C)c(OC(C)=O)c(C)c2C)c(C)c1C. The Kier molecular flexibility index (Phi) is 6.04. The van der Waals surface area contributed by atoms with Crippen LogP contribution in [0.15, 0.2) is 0 Å². The van der Waals surface area contributed by atoms with Crippen molar-refractivity contribution in [1.29, 1.82) is 0 Å². The van der Waals surface area contributed by atoms with Crippen LogP contribution in [-0.4, -0.2) is 13.1 Å². The molecule has 0 amide bonds. The highest BCUT2D eigenvalue weighted by Crippen LogP contribution is 2.37. The monoisotopic (exact) mass is 368 g/mol. The molecule has 0 aromatic heterocycles. The van der Waals surface area contributed by atoms with E-state index < -0.39 is 0 Å². The summed E-state index contributed by atoms with van der Waals surface area (Å²) in [4.78, 5) is 11.5. The van der Waals surface area contributed by atoms with Crippen LogP contribution < -0.4 is 9.47 Å². The molecular formula is C24H32O3. The molecular weight excluding hydrogens is 336 g/mol. The summed E-state index contributed by atoms with van der Waals surface area (Å²) in [7, 11) is 1.74. The van der Waals surface area contributed by atoms with Crippen LogP contribution in [0.3, 0.4) is 0 Å². The molecule has 2 aromatic carbocycles. The van der Waals surface area contributed by atoms with Crippen molar-refractivity contribution in [2.45, 2.75) is 68.7 Å². The molecule has 0 heterocycles. The Morgan fingerprint density at radius 2 is 0.963 bits per heavy atom. The predicted molar refractivity (Wildman–Crippen MR) is 111 cm³/mol. The molecule has 0 aliphatic rings. The molecule has 0 saturated heterocycles. The van der Waals surface area contributed by atoms with Gasteiger partial charge in [-0.15, -0.1) is 0 Å². The van der Waals surface area contributed by atoms with E-state index in [4.69, 9.17) is 9.47 Å². The van der Waals surface area contributed by atoms with Crippen molar-refractivity contribution < 1.29 is 14.3 Å². The van der Waals surface area contributed by atoms with Crippen LogP contribution in [0.5, 0.6) is 11.5 Å². The molecule has 0 radical (unpaired) electrons. The van der Waals surface area contributed by atoms with Crippen LogP contribution >= 0.6 is 0 Å². The lowest BCUT2D eigenvalue weighted by atomic mass is 9.84. The highest BCUT2D eigenvalue weighted by Gasteiger charge is 2.21. The third-order valence-electron chi connectivity index (χ3n) is 6.23.